The van der Waals surface area contributed by atoms with Gasteiger partial charge in [-0.15, -0.1) is 0 Å². The Morgan fingerprint density at radius 2 is 0.735 bits per heavy atom. The Kier molecular flexibility index (Phi) is 9.36. The van der Waals surface area contributed by atoms with Crippen LogP contribution in [0.3, 0.4) is 0 Å². The highest BCUT2D eigenvalue weighted by Gasteiger charge is 2.46. The molecule has 0 amide bonds. The molecule has 68 heavy (non-hydrogen) atoms. The predicted molar refractivity (Wildman–Crippen MR) is 279 cm³/mol. The minimum Gasteiger partial charge on any atom is -0.309 e. The fraction of sp³-hybridized carbons (Fsp3) is 0.0156. The van der Waals surface area contributed by atoms with Crippen molar-refractivity contribution in [3.63, 3.8) is 0 Å². The van der Waals surface area contributed by atoms with E-state index in [9.17, 15) is 0 Å². The van der Waals surface area contributed by atoms with E-state index in [-0.39, 0.29) is 0 Å². The first-order valence-corrected chi connectivity index (χ1v) is 23.2. The summed E-state index contributed by atoms with van der Waals surface area (Å²) in [5.41, 5.74) is 17.6. The Balaban J connectivity index is 1.11. The molecule has 0 bridgehead atoms. The van der Waals surface area contributed by atoms with Crippen molar-refractivity contribution in [3.05, 3.63) is 277 Å². The zero-order valence-corrected chi connectivity index (χ0v) is 37.0. The number of nitrogens with zero attached hydrogens (tertiary/aromatic N) is 4. The average molecular weight is 867 g/mol. The van der Waals surface area contributed by atoms with Crippen molar-refractivity contribution >= 4 is 21.8 Å². The predicted octanol–water partition coefficient (Wildman–Crippen LogP) is 15.7. The van der Waals surface area contributed by atoms with Gasteiger partial charge in [-0.3, -0.25) is 0 Å². The molecule has 0 spiro atoms. The minimum absolute atomic E-state index is 0.544. The molecule has 0 N–H and O–H groups in total. The fourth-order valence-electron chi connectivity index (χ4n) is 10.7. The molecule has 12 aromatic rings. The number of hydrogen-bond acceptors (Lipinski definition) is 3. The SMILES string of the molecule is c1ccc(-c2cc(-c3ccccc3)cc(-n3c4ccc(C5(c6ccccc6)c6ccccc6-c6ccccc65)cc4c4ccc(-c5nc(-c6ccccc6)nc(-c6ccccc6)n5)cc43)c2)cc1. The van der Waals surface area contributed by atoms with Gasteiger partial charge >= 0.3 is 0 Å². The van der Waals surface area contributed by atoms with Crippen molar-refractivity contribution in [1.29, 1.82) is 0 Å². The highest BCUT2D eigenvalue weighted by Crippen LogP contribution is 2.56. The first-order chi connectivity index (χ1) is 33.7. The lowest BCUT2D eigenvalue weighted by atomic mass is 9.67. The zero-order valence-electron chi connectivity index (χ0n) is 37.0. The molecule has 4 heteroatoms. The first kappa shape index (κ1) is 39.4. The Bertz CT molecular complexity index is 3670. The van der Waals surface area contributed by atoms with Crippen LogP contribution in [0.1, 0.15) is 22.3 Å². The quantitative estimate of drug-likeness (QED) is 0.153. The summed E-state index contributed by atoms with van der Waals surface area (Å²) in [5, 5.41) is 2.30. The second-order valence-electron chi connectivity index (χ2n) is 17.5. The number of benzene rings is 10. The highest BCUT2D eigenvalue weighted by molar-refractivity contribution is 6.11. The molecule has 2 heterocycles. The molecule has 0 fully saturated rings. The molecular formula is C64H42N4. The molecule has 0 radical (unpaired) electrons. The van der Waals surface area contributed by atoms with Crippen LogP contribution < -0.4 is 0 Å². The van der Waals surface area contributed by atoms with Gasteiger partial charge in [0.15, 0.2) is 17.5 Å². The van der Waals surface area contributed by atoms with Gasteiger partial charge in [0.25, 0.3) is 0 Å². The lowest BCUT2D eigenvalue weighted by Crippen LogP contribution is -2.28. The van der Waals surface area contributed by atoms with E-state index in [1.807, 2.05) is 36.4 Å². The van der Waals surface area contributed by atoms with Crippen LogP contribution in [0.2, 0.25) is 0 Å². The molecule has 0 aliphatic heterocycles. The fourth-order valence-corrected chi connectivity index (χ4v) is 10.7. The topological polar surface area (TPSA) is 43.6 Å². The van der Waals surface area contributed by atoms with E-state index in [1.54, 1.807) is 0 Å². The van der Waals surface area contributed by atoms with Crippen LogP contribution in [0, 0.1) is 0 Å². The molecule has 4 nitrogen and oxygen atoms in total. The molecule has 2 aromatic heterocycles. The van der Waals surface area contributed by atoms with Crippen LogP contribution in [0.15, 0.2) is 255 Å². The van der Waals surface area contributed by atoms with Crippen molar-refractivity contribution in [2.45, 2.75) is 5.41 Å². The van der Waals surface area contributed by atoms with E-state index in [4.69, 9.17) is 15.0 Å². The molecule has 1 aliphatic rings. The summed E-state index contributed by atoms with van der Waals surface area (Å²) in [5.74, 6) is 1.87. The number of rotatable bonds is 8. The second kappa shape index (κ2) is 16.2. The van der Waals surface area contributed by atoms with Gasteiger partial charge in [-0.05, 0) is 92.0 Å². The van der Waals surface area contributed by atoms with E-state index in [2.05, 4.69) is 223 Å². The largest absolute Gasteiger partial charge is 0.309 e. The highest BCUT2D eigenvalue weighted by atomic mass is 15.0. The molecule has 0 saturated carbocycles. The minimum atomic E-state index is -0.544. The second-order valence-corrected chi connectivity index (χ2v) is 17.5. The summed E-state index contributed by atoms with van der Waals surface area (Å²) in [6.07, 6.45) is 0. The summed E-state index contributed by atoms with van der Waals surface area (Å²) < 4.78 is 2.44. The smallest absolute Gasteiger partial charge is 0.164 e. The maximum absolute atomic E-state index is 5.19. The maximum atomic E-state index is 5.19. The molecular weight excluding hydrogens is 825 g/mol. The molecule has 1 aliphatic carbocycles. The maximum Gasteiger partial charge on any atom is 0.164 e. The summed E-state index contributed by atoms with van der Waals surface area (Å²) in [7, 11) is 0. The normalized spacial score (nSPS) is 12.5. The van der Waals surface area contributed by atoms with Gasteiger partial charge in [-0.25, -0.2) is 15.0 Å². The van der Waals surface area contributed by atoms with Gasteiger partial charge in [0, 0.05) is 33.2 Å². The van der Waals surface area contributed by atoms with Gasteiger partial charge in [-0.2, -0.15) is 0 Å². The third-order valence-electron chi connectivity index (χ3n) is 13.7. The van der Waals surface area contributed by atoms with Crippen LogP contribution in [0.4, 0.5) is 0 Å². The summed E-state index contributed by atoms with van der Waals surface area (Å²) in [4.78, 5) is 15.4. The molecule has 0 saturated heterocycles. The Hall–Kier alpha value is -8.99. The van der Waals surface area contributed by atoms with E-state index >= 15 is 0 Å². The van der Waals surface area contributed by atoms with Crippen molar-refractivity contribution in [2.75, 3.05) is 0 Å². The van der Waals surface area contributed by atoms with Gasteiger partial charge < -0.3 is 4.57 Å². The number of fused-ring (bicyclic) bond motifs is 6. The Labute approximate surface area is 395 Å². The van der Waals surface area contributed by atoms with E-state index in [0.29, 0.717) is 17.5 Å². The Morgan fingerprint density at radius 1 is 0.279 bits per heavy atom. The lowest BCUT2D eigenvalue weighted by molar-refractivity contribution is 0.770. The van der Waals surface area contributed by atoms with Crippen LogP contribution in [-0.2, 0) is 5.41 Å². The summed E-state index contributed by atoms with van der Waals surface area (Å²) in [6.45, 7) is 0. The van der Waals surface area contributed by atoms with E-state index in [1.165, 1.54) is 33.4 Å². The summed E-state index contributed by atoms with van der Waals surface area (Å²) in [6, 6.07) is 91.6. The van der Waals surface area contributed by atoms with Crippen molar-refractivity contribution in [1.82, 2.24) is 19.5 Å². The van der Waals surface area contributed by atoms with Crippen LogP contribution >= 0.6 is 0 Å². The molecule has 10 aromatic carbocycles. The van der Waals surface area contributed by atoms with Crippen LogP contribution in [0.5, 0.6) is 0 Å². The number of hydrogen-bond donors (Lipinski definition) is 0. The van der Waals surface area contributed by atoms with E-state index < -0.39 is 5.41 Å². The molecule has 13 rings (SSSR count). The molecule has 0 unspecified atom stereocenters. The first-order valence-electron chi connectivity index (χ1n) is 23.2. The lowest BCUT2D eigenvalue weighted by Gasteiger charge is -2.34. The summed E-state index contributed by atoms with van der Waals surface area (Å²) >= 11 is 0. The van der Waals surface area contributed by atoms with E-state index in [0.717, 1.165) is 66.4 Å². The van der Waals surface area contributed by atoms with Crippen molar-refractivity contribution in [2.24, 2.45) is 0 Å². The Morgan fingerprint density at radius 3 is 1.26 bits per heavy atom. The van der Waals surface area contributed by atoms with Crippen molar-refractivity contribution < 1.29 is 0 Å². The van der Waals surface area contributed by atoms with Gasteiger partial charge in [0.1, 0.15) is 0 Å². The monoisotopic (exact) mass is 866 g/mol. The third kappa shape index (κ3) is 6.41. The van der Waals surface area contributed by atoms with Crippen LogP contribution in [0.25, 0.3) is 95.0 Å². The molecule has 0 atom stereocenters. The zero-order chi connectivity index (χ0) is 45.0. The van der Waals surface area contributed by atoms with Gasteiger partial charge in [0.2, 0.25) is 0 Å². The standard InChI is InChI=1S/C64H42N4/c1-6-20-43(21-7-1)48-38-49(44-22-8-2-9-23-44)40-52(39-48)68-59-37-35-51(64(50-28-14-5-15-29-50)57-32-18-16-30-53(57)54-31-17-19-33-58(54)64)42-56(59)55-36-34-47(41-60(55)68)63-66-61(45-24-10-3-11-25-45)65-62(67-63)46-26-12-4-13-27-46/h1-42H. The third-order valence-corrected chi connectivity index (χ3v) is 13.7. The van der Waals surface area contributed by atoms with Gasteiger partial charge in [0.05, 0.1) is 16.4 Å². The van der Waals surface area contributed by atoms with Gasteiger partial charge in [-0.1, -0.05) is 218 Å². The van der Waals surface area contributed by atoms with Crippen LogP contribution in [-0.4, -0.2) is 19.5 Å². The molecule has 318 valence electrons. The average Bonchev–Trinajstić information content (AvgIpc) is 3.92. The number of aromatic nitrogens is 4. The van der Waals surface area contributed by atoms with Crippen molar-refractivity contribution in [3.8, 4) is 73.2 Å².